The third-order valence-electron chi connectivity index (χ3n) is 6.96. The molecule has 5 aromatic rings. The molecular weight excluding hydrogens is 558 g/mol. The summed E-state index contributed by atoms with van der Waals surface area (Å²) >= 11 is 6.25. The summed E-state index contributed by atoms with van der Waals surface area (Å²) in [4.78, 5) is 25.7. The van der Waals surface area contributed by atoms with Gasteiger partial charge in [-0.1, -0.05) is 78.3 Å². The zero-order valence-corrected chi connectivity index (χ0v) is 24.4. The molecule has 4 aromatic carbocycles. The molecular formula is C36H28ClN3O3. The van der Waals surface area contributed by atoms with Gasteiger partial charge in [0.15, 0.2) is 0 Å². The monoisotopic (exact) mass is 585 g/mol. The normalized spacial score (nSPS) is 11.1. The van der Waals surface area contributed by atoms with Crippen LogP contribution in [0, 0.1) is 18.3 Å². The third-order valence-corrected chi connectivity index (χ3v) is 7.37. The lowest BCUT2D eigenvalue weighted by Gasteiger charge is -2.16. The molecule has 43 heavy (non-hydrogen) atoms. The van der Waals surface area contributed by atoms with E-state index in [1.165, 1.54) is 0 Å². The molecule has 0 saturated heterocycles. The first-order chi connectivity index (χ1) is 20.9. The van der Waals surface area contributed by atoms with E-state index in [2.05, 4.69) is 16.0 Å². The summed E-state index contributed by atoms with van der Waals surface area (Å²) in [5.74, 6) is -0.934. The number of anilines is 1. The van der Waals surface area contributed by atoms with Crippen molar-refractivity contribution in [2.24, 2.45) is 0 Å². The molecule has 0 fully saturated rings. The van der Waals surface area contributed by atoms with Gasteiger partial charge < -0.3 is 14.6 Å². The van der Waals surface area contributed by atoms with E-state index < -0.39 is 11.9 Å². The van der Waals surface area contributed by atoms with Crippen LogP contribution in [0.1, 0.15) is 28.4 Å². The number of nitrogens with one attached hydrogen (secondary N) is 1. The largest absolute Gasteiger partial charge is 0.462 e. The summed E-state index contributed by atoms with van der Waals surface area (Å²) in [6.45, 7) is 3.86. The number of rotatable bonds is 8. The van der Waals surface area contributed by atoms with Crippen LogP contribution in [-0.4, -0.2) is 23.1 Å². The standard InChI is InChI=1S/C36H28ClN3O3/c1-3-43-36(42)27-17-19-30(20-18-27)40-33(25-11-6-4-7-12-25)22-28(34(40)26-13-8-5-9-14-26)21-29(23-38)35(41)39-32-16-10-15-31(37)24(32)2/h4-22H,3H2,1-2H3,(H,39,41)/b29-21+. The number of hydrogen-bond acceptors (Lipinski definition) is 4. The number of amides is 1. The first-order valence-electron chi connectivity index (χ1n) is 13.7. The van der Waals surface area contributed by atoms with Crippen molar-refractivity contribution in [3.05, 3.63) is 136 Å². The molecule has 0 unspecified atom stereocenters. The number of nitriles is 1. The maximum absolute atomic E-state index is 13.4. The van der Waals surface area contributed by atoms with Crippen molar-refractivity contribution in [3.8, 4) is 34.3 Å². The summed E-state index contributed by atoms with van der Waals surface area (Å²) < 4.78 is 7.24. The second kappa shape index (κ2) is 13.1. The highest BCUT2D eigenvalue weighted by Gasteiger charge is 2.21. The highest BCUT2D eigenvalue weighted by Crippen LogP contribution is 2.37. The Hall–Kier alpha value is -5.38. The number of hydrogen-bond donors (Lipinski definition) is 1. The van der Waals surface area contributed by atoms with Crippen LogP contribution in [0.25, 0.3) is 34.3 Å². The fraction of sp³-hybridized carbons (Fsp3) is 0.0833. The molecule has 0 bridgehead atoms. The number of esters is 1. The van der Waals surface area contributed by atoms with Crippen molar-refractivity contribution in [1.82, 2.24) is 4.57 Å². The topological polar surface area (TPSA) is 84.1 Å². The van der Waals surface area contributed by atoms with Gasteiger partial charge in [0.25, 0.3) is 5.91 Å². The molecule has 0 radical (unpaired) electrons. The number of halogens is 1. The van der Waals surface area contributed by atoms with Crippen molar-refractivity contribution in [2.75, 3.05) is 11.9 Å². The number of benzene rings is 4. The average molecular weight is 586 g/mol. The van der Waals surface area contributed by atoms with Gasteiger partial charge in [-0.3, -0.25) is 4.79 Å². The van der Waals surface area contributed by atoms with Gasteiger partial charge in [-0.25, -0.2) is 4.79 Å². The van der Waals surface area contributed by atoms with Gasteiger partial charge in [0.05, 0.1) is 23.6 Å². The number of nitrogens with zero attached hydrogens (tertiary/aromatic N) is 2. The van der Waals surface area contributed by atoms with E-state index in [9.17, 15) is 14.9 Å². The second-order valence-electron chi connectivity index (χ2n) is 9.70. The predicted octanol–water partition coefficient (Wildman–Crippen LogP) is 8.50. The van der Waals surface area contributed by atoms with Gasteiger partial charge in [-0.2, -0.15) is 5.26 Å². The summed E-state index contributed by atoms with van der Waals surface area (Å²) in [5, 5.41) is 13.4. The quantitative estimate of drug-likeness (QED) is 0.112. The van der Waals surface area contributed by atoms with Crippen molar-refractivity contribution < 1.29 is 14.3 Å². The van der Waals surface area contributed by atoms with Crippen molar-refractivity contribution in [2.45, 2.75) is 13.8 Å². The highest BCUT2D eigenvalue weighted by molar-refractivity contribution is 6.31. The minimum Gasteiger partial charge on any atom is -0.462 e. The SMILES string of the molecule is CCOC(=O)c1ccc(-n2c(-c3ccccc3)cc(/C=C(\C#N)C(=O)Nc3cccc(Cl)c3C)c2-c2ccccc2)cc1. The minimum absolute atomic E-state index is 0.0639. The minimum atomic E-state index is -0.542. The molecule has 0 aliphatic carbocycles. The molecule has 6 nitrogen and oxygen atoms in total. The van der Waals surface area contributed by atoms with Gasteiger partial charge >= 0.3 is 5.97 Å². The van der Waals surface area contributed by atoms with Crippen LogP contribution in [-0.2, 0) is 9.53 Å². The zero-order valence-electron chi connectivity index (χ0n) is 23.7. The fourth-order valence-corrected chi connectivity index (χ4v) is 4.99. The van der Waals surface area contributed by atoms with Gasteiger partial charge in [-0.05, 0) is 79.1 Å². The average Bonchev–Trinajstić information content (AvgIpc) is 3.42. The molecule has 212 valence electrons. The predicted molar refractivity (Wildman–Crippen MR) is 171 cm³/mol. The molecule has 0 atom stereocenters. The molecule has 1 amide bonds. The molecule has 0 saturated carbocycles. The molecule has 5 rings (SSSR count). The Balaban J connectivity index is 1.70. The van der Waals surface area contributed by atoms with E-state index >= 15 is 0 Å². The van der Waals surface area contributed by atoms with Crippen LogP contribution in [0.15, 0.2) is 115 Å². The van der Waals surface area contributed by atoms with E-state index in [0.717, 1.165) is 28.2 Å². The highest BCUT2D eigenvalue weighted by atomic mass is 35.5. The number of aromatic nitrogens is 1. The van der Waals surface area contributed by atoms with Gasteiger partial charge in [0, 0.05) is 22.0 Å². The van der Waals surface area contributed by atoms with Crippen LogP contribution in [0.5, 0.6) is 0 Å². The number of ether oxygens (including phenoxy) is 1. The fourth-order valence-electron chi connectivity index (χ4n) is 4.82. The Bertz CT molecular complexity index is 1850. The lowest BCUT2D eigenvalue weighted by molar-refractivity contribution is -0.112. The molecule has 1 N–H and O–H groups in total. The Kier molecular flexibility index (Phi) is 8.85. The van der Waals surface area contributed by atoms with E-state index in [0.29, 0.717) is 27.4 Å². The molecule has 0 aliphatic heterocycles. The van der Waals surface area contributed by atoms with Crippen LogP contribution < -0.4 is 5.32 Å². The summed E-state index contributed by atoms with van der Waals surface area (Å²) in [6, 6.07) is 36.1. The second-order valence-corrected chi connectivity index (χ2v) is 10.1. The third kappa shape index (κ3) is 6.28. The number of carbonyl (C=O) groups excluding carboxylic acids is 2. The summed E-state index contributed by atoms with van der Waals surface area (Å²) in [7, 11) is 0. The molecule has 0 spiro atoms. The first kappa shape index (κ1) is 29.1. The van der Waals surface area contributed by atoms with E-state index in [4.69, 9.17) is 16.3 Å². The Morgan fingerprint density at radius 2 is 1.56 bits per heavy atom. The summed E-state index contributed by atoms with van der Waals surface area (Å²) in [6.07, 6.45) is 1.60. The van der Waals surface area contributed by atoms with Crippen LogP contribution in [0.4, 0.5) is 5.69 Å². The Morgan fingerprint density at radius 1 is 0.907 bits per heavy atom. The summed E-state index contributed by atoms with van der Waals surface area (Å²) in [5.41, 5.74) is 6.54. The van der Waals surface area contributed by atoms with Crippen molar-refractivity contribution >= 4 is 35.2 Å². The van der Waals surface area contributed by atoms with Crippen LogP contribution in [0.2, 0.25) is 5.02 Å². The van der Waals surface area contributed by atoms with Crippen molar-refractivity contribution in [1.29, 1.82) is 5.26 Å². The zero-order chi connectivity index (χ0) is 30.3. The first-order valence-corrected chi connectivity index (χ1v) is 14.1. The molecule has 1 aromatic heterocycles. The van der Waals surface area contributed by atoms with Crippen LogP contribution in [0.3, 0.4) is 0 Å². The lowest BCUT2D eigenvalue weighted by atomic mass is 10.0. The number of carbonyl (C=O) groups is 2. The smallest absolute Gasteiger partial charge is 0.338 e. The maximum Gasteiger partial charge on any atom is 0.338 e. The van der Waals surface area contributed by atoms with Crippen LogP contribution >= 0.6 is 11.6 Å². The molecule has 0 aliphatic rings. The maximum atomic E-state index is 13.4. The van der Waals surface area contributed by atoms with Gasteiger partial charge in [-0.15, -0.1) is 0 Å². The van der Waals surface area contributed by atoms with E-state index in [1.54, 1.807) is 50.3 Å². The lowest BCUT2D eigenvalue weighted by Crippen LogP contribution is -2.14. The van der Waals surface area contributed by atoms with Crippen molar-refractivity contribution in [3.63, 3.8) is 0 Å². The Labute approximate surface area is 255 Å². The molecule has 7 heteroatoms. The van der Waals surface area contributed by atoms with E-state index in [1.807, 2.05) is 78.9 Å². The Morgan fingerprint density at radius 3 is 2.19 bits per heavy atom. The molecule has 1 heterocycles. The van der Waals surface area contributed by atoms with E-state index in [-0.39, 0.29) is 12.2 Å². The van der Waals surface area contributed by atoms with Gasteiger partial charge in [0.1, 0.15) is 11.6 Å². The van der Waals surface area contributed by atoms with Gasteiger partial charge in [0.2, 0.25) is 0 Å².